The maximum Gasteiger partial charge on any atom is 0.229 e. The minimum absolute atomic E-state index is 0.129. The van der Waals surface area contributed by atoms with E-state index in [1.807, 2.05) is 26.8 Å². The molecular weight excluding hydrogens is 264 g/mol. The molecule has 1 aliphatic heterocycles. The average Bonchev–Trinajstić information content (AvgIpc) is 2.82. The summed E-state index contributed by atoms with van der Waals surface area (Å²) in [7, 11) is 0. The first-order chi connectivity index (χ1) is 9.95. The number of ether oxygens (including phenoxy) is 1. The highest BCUT2D eigenvalue weighted by Gasteiger charge is 2.27. The van der Waals surface area contributed by atoms with E-state index in [0.29, 0.717) is 18.0 Å². The van der Waals surface area contributed by atoms with Crippen molar-refractivity contribution in [2.45, 2.75) is 65.6 Å². The Bertz CT molecular complexity index is 462. The highest BCUT2D eigenvalue weighted by molar-refractivity contribution is 5.37. The van der Waals surface area contributed by atoms with Crippen molar-refractivity contribution < 1.29 is 4.74 Å². The van der Waals surface area contributed by atoms with Gasteiger partial charge in [0.15, 0.2) is 0 Å². The number of nitrogens with one attached hydrogen (secondary N) is 1. The average molecular weight is 292 g/mol. The third-order valence-corrected chi connectivity index (χ3v) is 3.57. The van der Waals surface area contributed by atoms with Crippen LogP contribution in [0.5, 0.6) is 5.88 Å². The van der Waals surface area contributed by atoms with Gasteiger partial charge in [0, 0.05) is 36.9 Å². The van der Waals surface area contributed by atoms with Crippen LogP contribution >= 0.6 is 0 Å². The van der Waals surface area contributed by atoms with Crippen molar-refractivity contribution >= 4 is 5.95 Å². The molecule has 21 heavy (non-hydrogen) atoms. The third kappa shape index (κ3) is 4.56. The van der Waals surface area contributed by atoms with Gasteiger partial charge in [-0.1, -0.05) is 13.8 Å². The van der Waals surface area contributed by atoms with Gasteiger partial charge < -0.3 is 15.0 Å². The zero-order valence-electron chi connectivity index (χ0n) is 13.9. The number of hydrogen-bond acceptors (Lipinski definition) is 5. The fraction of sp³-hybridized carbons (Fsp3) is 0.750. The Balaban J connectivity index is 2.13. The molecule has 118 valence electrons. The van der Waals surface area contributed by atoms with E-state index in [4.69, 9.17) is 4.74 Å². The SMILES string of the molecule is Cc1cc(OC(C)C)nc(N2CCCC2CNC(C)C)n1. The first-order valence-corrected chi connectivity index (χ1v) is 7.98. The molecule has 0 amide bonds. The zero-order valence-corrected chi connectivity index (χ0v) is 13.9. The van der Waals surface area contributed by atoms with E-state index in [0.717, 1.165) is 24.7 Å². The Morgan fingerprint density at radius 2 is 2.10 bits per heavy atom. The summed E-state index contributed by atoms with van der Waals surface area (Å²) in [6.45, 7) is 12.4. The van der Waals surface area contributed by atoms with Crippen molar-refractivity contribution in [2.24, 2.45) is 0 Å². The molecule has 1 aromatic rings. The van der Waals surface area contributed by atoms with Crippen LogP contribution < -0.4 is 15.0 Å². The molecule has 0 aromatic carbocycles. The smallest absolute Gasteiger partial charge is 0.229 e. The summed E-state index contributed by atoms with van der Waals surface area (Å²) in [6, 6.07) is 2.88. The van der Waals surface area contributed by atoms with Crippen molar-refractivity contribution in [3.05, 3.63) is 11.8 Å². The molecule has 1 saturated heterocycles. The minimum Gasteiger partial charge on any atom is -0.475 e. The van der Waals surface area contributed by atoms with Gasteiger partial charge in [0.1, 0.15) is 0 Å². The minimum atomic E-state index is 0.129. The molecule has 1 N–H and O–H groups in total. The van der Waals surface area contributed by atoms with E-state index < -0.39 is 0 Å². The molecule has 2 heterocycles. The van der Waals surface area contributed by atoms with Crippen LogP contribution in [0, 0.1) is 6.92 Å². The van der Waals surface area contributed by atoms with Gasteiger partial charge in [-0.25, -0.2) is 4.98 Å². The van der Waals surface area contributed by atoms with Gasteiger partial charge in [-0.05, 0) is 33.6 Å². The lowest BCUT2D eigenvalue weighted by molar-refractivity contribution is 0.232. The highest BCUT2D eigenvalue weighted by Crippen LogP contribution is 2.24. The lowest BCUT2D eigenvalue weighted by atomic mass is 10.2. The Kier molecular flexibility index (Phi) is 5.39. The number of hydrogen-bond donors (Lipinski definition) is 1. The second-order valence-corrected chi connectivity index (χ2v) is 6.37. The molecular formula is C16H28N4O. The summed E-state index contributed by atoms with van der Waals surface area (Å²) in [4.78, 5) is 11.5. The first kappa shape index (κ1) is 16.0. The molecule has 0 radical (unpaired) electrons. The number of aryl methyl sites for hydroxylation is 1. The highest BCUT2D eigenvalue weighted by atomic mass is 16.5. The van der Waals surface area contributed by atoms with Gasteiger partial charge in [0.25, 0.3) is 0 Å². The second kappa shape index (κ2) is 7.07. The number of rotatable bonds is 6. The Morgan fingerprint density at radius 1 is 1.33 bits per heavy atom. The van der Waals surface area contributed by atoms with Crippen molar-refractivity contribution in [3.8, 4) is 5.88 Å². The molecule has 0 bridgehead atoms. The lowest BCUT2D eigenvalue weighted by Crippen LogP contribution is -2.41. The second-order valence-electron chi connectivity index (χ2n) is 6.37. The van der Waals surface area contributed by atoms with E-state index in [1.54, 1.807) is 0 Å². The quantitative estimate of drug-likeness (QED) is 0.873. The molecule has 1 unspecified atom stereocenters. The lowest BCUT2D eigenvalue weighted by Gasteiger charge is -2.26. The summed E-state index contributed by atoms with van der Waals surface area (Å²) < 4.78 is 5.74. The van der Waals surface area contributed by atoms with Crippen molar-refractivity contribution in [1.82, 2.24) is 15.3 Å². The normalized spacial score (nSPS) is 18.8. The fourth-order valence-corrected chi connectivity index (χ4v) is 2.64. The molecule has 5 nitrogen and oxygen atoms in total. The fourth-order valence-electron chi connectivity index (χ4n) is 2.64. The van der Waals surface area contributed by atoms with Gasteiger partial charge in [0.05, 0.1) is 6.10 Å². The van der Waals surface area contributed by atoms with Gasteiger partial charge in [0.2, 0.25) is 11.8 Å². The topological polar surface area (TPSA) is 50.3 Å². The van der Waals surface area contributed by atoms with E-state index in [-0.39, 0.29) is 6.10 Å². The largest absolute Gasteiger partial charge is 0.475 e. The third-order valence-electron chi connectivity index (χ3n) is 3.57. The van der Waals surface area contributed by atoms with E-state index >= 15 is 0 Å². The maximum absolute atomic E-state index is 5.74. The Labute approximate surface area is 128 Å². The monoisotopic (exact) mass is 292 g/mol. The van der Waals surface area contributed by atoms with E-state index in [9.17, 15) is 0 Å². The van der Waals surface area contributed by atoms with Gasteiger partial charge >= 0.3 is 0 Å². The number of nitrogens with zero attached hydrogens (tertiary/aromatic N) is 3. The molecule has 1 aromatic heterocycles. The summed E-state index contributed by atoms with van der Waals surface area (Å²) in [6.07, 6.45) is 2.52. The standard InChI is InChI=1S/C16H28N4O/c1-11(2)17-10-14-7-6-8-20(14)16-18-13(5)9-15(19-16)21-12(3)4/h9,11-12,14,17H,6-8,10H2,1-5H3. The van der Waals surface area contributed by atoms with Crippen LogP contribution in [-0.2, 0) is 0 Å². The number of anilines is 1. The zero-order chi connectivity index (χ0) is 15.4. The van der Waals surface area contributed by atoms with Gasteiger partial charge in [-0.2, -0.15) is 4.98 Å². The maximum atomic E-state index is 5.74. The van der Waals surface area contributed by atoms with Crippen molar-refractivity contribution in [2.75, 3.05) is 18.0 Å². The Morgan fingerprint density at radius 3 is 2.76 bits per heavy atom. The summed E-state index contributed by atoms with van der Waals surface area (Å²) in [5.41, 5.74) is 0.957. The van der Waals surface area contributed by atoms with Crippen LogP contribution in [0.15, 0.2) is 6.07 Å². The molecule has 0 spiro atoms. The van der Waals surface area contributed by atoms with Crippen molar-refractivity contribution in [1.29, 1.82) is 0 Å². The molecule has 2 rings (SSSR count). The Hall–Kier alpha value is -1.36. The van der Waals surface area contributed by atoms with E-state index in [1.165, 1.54) is 12.8 Å². The summed E-state index contributed by atoms with van der Waals surface area (Å²) in [5.74, 6) is 1.48. The van der Waals surface area contributed by atoms with Crippen LogP contribution in [-0.4, -0.2) is 41.2 Å². The van der Waals surface area contributed by atoms with Crippen LogP contribution in [0.1, 0.15) is 46.2 Å². The predicted octanol–water partition coefficient (Wildman–Crippen LogP) is 2.54. The van der Waals surface area contributed by atoms with Crippen LogP contribution in [0.4, 0.5) is 5.95 Å². The molecule has 1 fully saturated rings. The van der Waals surface area contributed by atoms with Crippen LogP contribution in [0.2, 0.25) is 0 Å². The van der Waals surface area contributed by atoms with Gasteiger partial charge in [-0.3, -0.25) is 0 Å². The summed E-state index contributed by atoms with van der Waals surface area (Å²) in [5, 5.41) is 3.52. The van der Waals surface area contributed by atoms with Crippen LogP contribution in [0.25, 0.3) is 0 Å². The predicted molar refractivity (Wildman–Crippen MR) is 86.0 cm³/mol. The van der Waals surface area contributed by atoms with E-state index in [2.05, 4.69) is 34.0 Å². The molecule has 1 aliphatic rings. The molecule has 1 atom stereocenters. The number of aromatic nitrogens is 2. The van der Waals surface area contributed by atoms with Crippen LogP contribution in [0.3, 0.4) is 0 Å². The molecule has 5 heteroatoms. The van der Waals surface area contributed by atoms with Gasteiger partial charge in [-0.15, -0.1) is 0 Å². The summed E-state index contributed by atoms with van der Waals surface area (Å²) >= 11 is 0. The first-order valence-electron chi connectivity index (χ1n) is 7.98. The van der Waals surface area contributed by atoms with Crippen molar-refractivity contribution in [3.63, 3.8) is 0 Å². The molecule has 0 saturated carbocycles. The molecule has 0 aliphatic carbocycles.